The Morgan fingerprint density at radius 1 is 1.27 bits per heavy atom. The molecule has 0 spiro atoms. The van der Waals surface area contributed by atoms with Gasteiger partial charge in [0.05, 0.1) is 24.6 Å². The normalized spacial score (nSPS) is 20.7. The van der Waals surface area contributed by atoms with Gasteiger partial charge in [-0.2, -0.15) is 10.1 Å². The number of carbonyl (C=O) groups excluding carboxylic acids is 1. The van der Waals surface area contributed by atoms with E-state index in [1.165, 1.54) is 18.4 Å². The molecule has 3 aromatic heterocycles. The van der Waals surface area contributed by atoms with Gasteiger partial charge in [-0.05, 0) is 31.0 Å². The van der Waals surface area contributed by atoms with Crippen molar-refractivity contribution in [1.82, 2.24) is 24.6 Å². The smallest absolute Gasteiger partial charge is 0.246 e. The van der Waals surface area contributed by atoms with E-state index >= 15 is 0 Å². The van der Waals surface area contributed by atoms with Gasteiger partial charge in [-0.3, -0.25) is 4.79 Å². The Hall–Kier alpha value is -3.01. The summed E-state index contributed by atoms with van der Waals surface area (Å²) in [5.74, 6) is 1.44. The summed E-state index contributed by atoms with van der Waals surface area (Å²) < 4.78 is 1.72. The van der Waals surface area contributed by atoms with E-state index in [0.29, 0.717) is 18.5 Å². The van der Waals surface area contributed by atoms with Crippen molar-refractivity contribution in [2.45, 2.75) is 44.6 Å². The number of carbonyl (C=O) groups is 1. The van der Waals surface area contributed by atoms with Crippen molar-refractivity contribution in [1.29, 1.82) is 0 Å². The van der Waals surface area contributed by atoms with Crippen LogP contribution in [0.4, 0.5) is 23.1 Å². The minimum absolute atomic E-state index is 0.0886. The van der Waals surface area contributed by atoms with Gasteiger partial charge in [0, 0.05) is 21.2 Å². The van der Waals surface area contributed by atoms with Crippen LogP contribution in [-0.4, -0.2) is 58.2 Å². The van der Waals surface area contributed by atoms with Crippen LogP contribution in [0.15, 0.2) is 24.8 Å². The van der Waals surface area contributed by atoms with Crippen LogP contribution in [0.3, 0.4) is 0 Å². The third-order valence-corrected chi connectivity index (χ3v) is 9.53. The van der Waals surface area contributed by atoms with Gasteiger partial charge in [-0.1, -0.05) is 19.1 Å². The molecule has 0 saturated carbocycles. The van der Waals surface area contributed by atoms with Crippen molar-refractivity contribution in [3.8, 4) is 0 Å². The quantitative estimate of drug-likeness (QED) is 0.649. The van der Waals surface area contributed by atoms with Gasteiger partial charge in [0.1, 0.15) is 12.0 Å². The van der Waals surface area contributed by atoms with E-state index in [1.54, 1.807) is 22.7 Å². The fourth-order valence-electron chi connectivity index (χ4n) is 4.51. The molecule has 2 aliphatic rings. The number of pyridine rings is 1. The molecule has 1 atom stereocenters. The second-order valence-electron chi connectivity index (χ2n) is 9.10. The molecule has 30 heavy (non-hydrogen) atoms. The van der Waals surface area contributed by atoms with Crippen LogP contribution < -0.4 is 15.1 Å². The summed E-state index contributed by atoms with van der Waals surface area (Å²) in [6.07, 6.45) is 6.30. The number of hydrogen-bond donors (Lipinski definition) is 1. The van der Waals surface area contributed by atoms with Gasteiger partial charge in [0.2, 0.25) is 11.9 Å². The number of nitrogens with one attached hydrogen (secondary N) is 1. The summed E-state index contributed by atoms with van der Waals surface area (Å²) in [6.45, 7) is 7.25. The first-order valence-electron chi connectivity index (χ1n) is 10.3. The molecule has 5 heterocycles. The predicted molar refractivity (Wildman–Crippen MR) is 119 cm³/mol. The number of hydrogen-bond acceptors (Lipinski definition) is 7. The third-order valence-electron chi connectivity index (χ3n) is 6.32. The zero-order valence-electron chi connectivity index (χ0n) is 17.8. The number of aryl methyl sites for hydroxylation is 1. The third kappa shape index (κ3) is 3.20. The molecule has 3 aromatic rings. The van der Waals surface area contributed by atoms with E-state index in [4.69, 9.17) is 4.98 Å². The van der Waals surface area contributed by atoms with Gasteiger partial charge in [0.25, 0.3) is 0 Å². The van der Waals surface area contributed by atoms with Crippen LogP contribution in [0.25, 0.3) is 5.65 Å². The maximum atomic E-state index is 12.6. The number of fused-ring (bicyclic) bond motifs is 2. The predicted octanol–water partition coefficient (Wildman–Crippen LogP) is 2.83. The first-order valence-corrected chi connectivity index (χ1v) is 13.7. The zero-order valence-corrected chi connectivity index (χ0v) is 18.8. The topological polar surface area (TPSA) is 91.5 Å². The summed E-state index contributed by atoms with van der Waals surface area (Å²) >= 11 is 0. The van der Waals surface area contributed by atoms with Crippen LogP contribution in [-0.2, 0) is 4.79 Å². The Bertz CT molecular complexity index is 1140. The maximum absolute atomic E-state index is 12.6. The molecule has 1 amide bonds. The van der Waals surface area contributed by atoms with Crippen molar-refractivity contribution in [2.24, 2.45) is 0 Å². The van der Waals surface area contributed by atoms with Crippen LogP contribution in [0.2, 0.25) is 25.2 Å². The van der Waals surface area contributed by atoms with Crippen LogP contribution >= 0.6 is 0 Å². The highest BCUT2D eigenvalue weighted by atomic mass is 28.3. The molecule has 0 aromatic carbocycles. The van der Waals surface area contributed by atoms with Gasteiger partial charge in [-0.25, -0.2) is 14.5 Å². The summed E-state index contributed by atoms with van der Waals surface area (Å²) in [5.41, 5.74) is 3.47. The second kappa shape index (κ2) is 6.76. The Morgan fingerprint density at radius 3 is 2.87 bits per heavy atom. The molecule has 2 aliphatic heterocycles. The lowest BCUT2D eigenvalue weighted by Crippen LogP contribution is -2.48. The molecule has 1 unspecified atom stereocenters. The second-order valence-corrected chi connectivity index (χ2v) is 14.3. The molecule has 9 nitrogen and oxygen atoms in total. The Morgan fingerprint density at radius 2 is 2.10 bits per heavy atom. The van der Waals surface area contributed by atoms with Crippen molar-refractivity contribution in [3.63, 3.8) is 0 Å². The Balaban J connectivity index is 1.50. The summed E-state index contributed by atoms with van der Waals surface area (Å²) in [7, 11) is 0.607. The Labute approximate surface area is 176 Å². The van der Waals surface area contributed by atoms with Crippen molar-refractivity contribution in [3.05, 3.63) is 30.4 Å². The van der Waals surface area contributed by atoms with Gasteiger partial charge in [0.15, 0.2) is 11.5 Å². The minimum atomic E-state index is -1.19. The average molecular weight is 423 g/mol. The highest BCUT2D eigenvalue weighted by Crippen LogP contribution is 2.40. The number of anilines is 4. The molecular formula is C20H26N8OSi. The van der Waals surface area contributed by atoms with E-state index in [2.05, 4.69) is 38.4 Å². The highest BCUT2D eigenvalue weighted by Gasteiger charge is 2.40. The molecule has 0 bridgehead atoms. The number of amides is 1. The first-order chi connectivity index (χ1) is 14.3. The molecule has 0 radical (unpaired) electrons. The molecule has 156 valence electrons. The zero-order chi connectivity index (χ0) is 21.0. The molecule has 1 fully saturated rings. The molecule has 10 heteroatoms. The fraction of sp³-hybridized carbons (Fsp3) is 0.450. The number of rotatable bonds is 3. The van der Waals surface area contributed by atoms with E-state index < -0.39 is 8.07 Å². The van der Waals surface area contributed by atoms with Crippen LogP contribution in [0, 0.1) is 6.92 Å². The first kappa shape index (κ1) is 19.0. The standard InChI is InChI=1S/C20H26N8OSi/c1-13-7-17-22-12-23-28(17)9-15(13)24-20-21-8-16-19(25-20)27(10-18(29)26(16)2)14-5-6-30(3,4)11-14/h7-9,12,14H,5-6,10-11H2,1-4H3,(H,21,24,25). The van der Waals surface area contributed by atoms with Gasteiger partial charge < -0.3 is 15.1 Å². The highest BCUT2D eigenvalue weighted by molar-refractivity contribution is 6.78. The van der Waals surface area contributed by atoms with E-state index in [-0.39, 0.29) is 5.91 Å². The lowest BCUT2D eigenvalue weighted by molar-refractivity contribution is -0.117. The van der Waals surface area contributed by atoms with Crippen molar-refractivity contribution in [2.75, 3.05) is 28.7 Å². The average Bonchev–Trinajstić information content (AvgIpc) is 3.30. The number of likely N-dealkylation sites (N-methyl/N-ethyl adjacent to an activating group) is 1. The molecule has 0 aliphatic carbocycles. The van der Waals surface area contributed by atoms with Gasteiger partial charge >= 0.3 is 0 Å². The molecular weight excluding hydrogens is 396 g/mol. The summed E-state index contributed by atoms with van der Waals surface area (Å²) in [5, 5.41) is 7.53. The monoisotopic (exact) mass is 422 g/mol. The molecule has 5 rings (SSSR count). The summed E-state index contributed by atoms with van der Waals surface area (Å²) in [4.78, 5) is 30.1. The van der Waals surface area contributed by atoms with Crippen LogP contribution in [0.5, 0.6) is 0 Å². The minimum Gasteiger partial charge on any atom is -0.343 e. The van der Waals surface area contributed by atoms with E-state index in [0.717, 1.165) is 34.8 Å². The maximum Gasteiger partial charge on any atom is 0.246 e. The number of nitrogens with zero attached hydrogens (tertiary/aromatic N) is 7. The summed E-state index contributed by atoms with van der Waals surface area (Å²) in [6, 6.07) is 4.83. The lowest BCUT2D eigenvalue weighted by Gasteiger charge is -2.38. The molecule has 1 saturated heterocycles. The van der Waals surface area contributed by atoms with Crippen molar-refractivity contribution < 1.29 is 4.79 Å². The lowest BCUT2D eigenvalue weighted by atomic mass is 10.1. The van der Waals surface area contributed by atoms with E-state index in [1.807, 2.05) is 19.2 Å². The van der Waals surface area contributed by atoms with Crippen molar-refractivity contribution >= 4 is 42.8 Å². The molecule has 1 N–H and O–H groups in total. The Kier molecular flexibility index (Phi) is 4.28. The van der Waals surface area contributed by atoms with Gasteiger partial charge in [-0.15, -0.1) is 0 Å². The fourth-order valence-corrected chi connectivity index (χ4v) is 7.53. The number of aromatic nitrogens is 5. The van der Waals surface area contributed by atoms with E-state index in [9.17, 15) is 4.79 Å². The largest absolute Gasteiger partial charge is 0.343 e. The van der Waals surface area contributed by atoms with Crippen LogP contribution in [0.1, 0.15) is 12.0 Å². The SMILES string of the molecule is Cc1cc2ncnn2cc1Nc1ncc2c(n1)N(C1CC[Si](C)(C)C1)CC(=O)N2C.